The molecule has 1 atom stereocenters. The monoisotopic (exact) mass is 232 g/mol. The first-order chi connectivity index (χ1) is 8.09. The Bertz CT molecular complexity index is 408. The zero-order valence-electron chi connectivity index (χ0n) is 10.0. The van der Waals surface area contributed by atoms with Crippen LogP contribution in [0.1, 0.15) is 18.9 Å². The fourth-order valence-electron chi connectivity index (χ4n) is 1.48. The average Bonchev–Trinajstić information content (AvgIpc) is 2.37. The number of rotatable bonds is 6. The van der Waals surface area contributed by atoms with Crippen molar-refractivity contribution < 1.29 is 4.39 Å². The Kier molecular flexibility index (Phi) is 4.71. The van der Waals surface area contributed by atoms with Gasteiger partial charge in [0.2, 0.25) is 0 Å². The third-order valence-corrected chi connectivity index (χ3v) is 2.52. The number of benzene rings is 1. The molecule has 0 saturated heterocycles. The van der Waals surface area contributed by atoms with Gasteiger partial charge in [0, 0.05) is 5.70 Å². The van der Waals surface area contributed by atoms with Crippen molar-refractivity contribution >= 4 is 0 Å². The molecule has 0 spiro atoms. The highest BCUT2D eigenvalue weighted by Gasteiger charge is 2.23. The van der Waals surface area contributed by atoms with Gasteiger partial charge in [-0.15, -0.1) is 0 Å². The van der Waals surface area contributed by atoms with Crippen molar-refractivity contribution in [3.05, 3.63) is 48.2 Å². The van der Waals surface area contributed by atoms with E-state index in [9.17, 15) is 4.39 Å². The predicted octanol–water partition coefficient (Wildman–Crippen LogP) is 2.97. The van der Waals surface area contributed by atoms with Gasteiger partial charge in [0.1, 0.15) is 6.67 Å². The summed E-state index contributed by atoms with van der Waals surface area (Å²) in [4.78, 5) is 0. The lowest BCUT2D eigenvalue weighted by atomic mass is 10.0. The number of alkyl halides is 1. The van der Waals surface area contributed by atoms with Crippen LogP contribution in [0.3, 0.4) is 0 Å². The number of halogens is 1. The maximum atomic E-state index is 12.6. The van der Waals surface area contributed by atoms with Gasteiger partial charge in [0.05, 0.1) is 6.07 Å². The van der Waals surface area contributed by atoms with Crippen LogP contribution in [0.2, 0.25) is 0 Å². The predicted molar refractivity (Wildman–Crippen MR) is 67.0 cm³/mol. The van der Waals surface area contributed by atoms with Crippen LogP contribution in [0.5, 0.6) is 0 Å². The Hall–Kier alpha value is -1.82. The smallest absolute Gasteiger partial charge is 0.150 e. The summed E-state index contributed by atoms with van der Waals surface area (Å²) in [6.07, 6.45) is 1.53. The summed E-state index contributed by atoms with van der Waals surface area (Å²) >= 11 is 0. The average molecular weight is 232 g/mol. The Morgan fingerprint density at radius 2 is 2.12 bits per heavy atom. The number of nitrogens with zero attached hydrogens (tertiary/aromatic N) is 1. The Labute approximate surface area is 102 Å². The molecule has 0 aliphatic rings. The molecule has 17 heavy (non-hydrogen) atoms. The second kappa shape index (κ2) is 6.05. The third kappa shape index (κ3) is 4.28. The van der Waals surface area contributed by atoms with E-state index in [2.05, 4.69) is 11.9 Å². The summed E-state index contributed by atoms with van der Waals surface area (Å²) in [7, 11) is 0. The first-order valence-corrected chi connectivity index (χ1v) is 5.57. The van der Waals surface area contributed by atoms with Gasteiger partial charge < -0.3 is 5.32 Å². The SMILES string of the molecule is C=C(CCc1ccccc1)NC(C)(C#N)CF. The van der Waals surface area contributed by atoms with Crippen molar-refractivity contribution in [2.24, 2.45) is 0 Å². The molecule has 0 bridgehead atoms. The normalized spacial score (nSPS) is 13.5. The first kappa shape index (κ1) is 13.2. The van der Waals surface area contributed by atoms with E-state index in [0.717, 1.165) is 6.42 Å². The van der Waals surface area contributed by atoms with Crippen LogP contribution < -0.4 is 5.32 Å². The standard InChI is InChI=1S/C14H17FN2/c1-12(17-14(2,10-15)11-16)8-9-13-6-4-3-5-7-13/h3-7,17H,1,8-10H2,2H3. The van der Waals surface area contributed by atoms with E-state index in [0.29, 0.717) is 12.1 Å². The zero-order chi connectivity index (χ0) is 12.7. The largest absolute Gasteiger partial charge is 0.369 e. The van der Waals surface area contributed by atoms with E-state index in [-0.39, 0.29) is 0 Å². The second-order valence-corrected chi connectivity index (χ2v) is 4.29. The molecule has 1 unspecified atom stereocenters. The molecule has 1 aromatic rings. The number of nitrogens with one attached hydrogen (secondary N) is 1. The lowest BCUT2D eigenvalue weighted by Crippen LogP contribution is -2.42. The van der Waals surface area contributed by atoms with Gasteiger partial charge in [-0.1, -0.05) is 36.9 Å². The molecule has 0 heterocycles. The van der Waals surface area contributed by atoms with Gasteiger partial charge in [-0.3, -0.25) is 0 Å². The summed E-state index contributed by atoms with van der Waals surface area (Å²) in [6.45, 7) is 4.62. The molecular formula is C14H17FN2. The fraction of sp³-hybridized carbons (Fsp3) is 0.357. The molecule has 0 saturated carbocycles. The highest BCUT2D eigenvalue weighted by Crippen LogP contribution is 2.10. The molecule has 0 amide bonds. The summed E-state index contributed by atoms with van der Waals surface area (Å²) < 4.78 is 12.6. The molecule has 0 aromatic heterocycles. The van der Waals surface area contributed by atoms with Crippen LogP contribution in [0, 0.1) is 11.3 Å². The van der Waals surface area contributed by atoms with Crippen molar-refractivity contribution in [3.63, 3.8) is 0 Å². The molecule has 1 N–H and O–H groups in total. The van der Waals surface area contributed by atoms with Crippen molar-refractivity contribution in [1.82, 2.24) is 5.32 Å². The van der Waals surface area contributed by atoms with Gasteiger partial charge in [-0.2, -0.15) is 5.26 Å². The molecule has 1 rings (SSSR count). The number of allylic oxidation sites excluding steroid dienone is 1. The number of nitriles is 1. The summed E-state index contributed by atoms with van der Waals surface area (Å²) in [6, 6.07) is 11.9. The summed E-state index contributed by atoms with van der Waals surface area (Å²) in [5, 5.41) is 11.7. The van der Waals surface area contributed by atoms with Gasteiger partial charge in [-0.25, -0.2) is 4.39 Å². The molecule has 0 aliphatic heterocycles. The minimum atomic E-state index is -1.16. The minimum Gasteiger partial charge on any atom is -0.369 e. The van der Waals surface area contributed by atoms with Crippen molar-refractivity contribution in [1.29, 1.82) is 5.26 Å². The van der Waals surface area contributed by atoms with Crippen LogP contribution in [-0.4, -0.2) is 12.2 Å². The summed E-state index contributed by atoms with van der Waals surface area (Å²) in [5.41, 5.74) is 0.734. The Morgan fingerprint density at radius 1 is 1.47 bits per heavy atom. The molecule has 0 aliphatic carbocycles. The number of hydrogen-bond donors (Lipinski definition) is 1. The van der Waals surface area contributed by atoms with Gasteiger partial charge >= 0.3 is 0 Å². The van der Waals surface area contributed by atoms with Crippen molar-refractivity contribution in [3.8, 4) is 6.07 Å². The van der Waals surface area contributed by atoms with Gasteiger partial charge in [0.15, 0.2) is 5.54 Å². The van der Waals surface area contributed by atoms with E-state index in [1.54, 1.807) is 0 Å². The number of aryl methyl sites for hydroxylation is 1. The van der Waals surface area contributed by atoms with Gasteiger partial charge in [0.25, 0.3) is 0 Å². The Balaban J connectivity index is 2.44. The highest BCUT2D eigenvalue weighted by atomic mass is 19.1. The molecule has 90 valence electrons. The lowest BCUT2D eigenvalue weighted by Gasteiger charge is -2.22. The molecule has 1 aromatic carbocycles. The van der Waals surface area contributed by atoms with E-state index >= 15 is 0 Å². The topological polar surface area (TPSA) is 35.8 Å². The fourth-order valence-corrected chi connectivity index (χ4v) is 1.48. The zero-order valence-corrected chi connectivity index (χ0v) is 10.0. The molecule has 0 radical (unpaired) electrons. The number of hydrogen-bond acceptors (Lipinski definition) is 2. The maximum Gasteiger partial charge on any atom is 0.150 e. The first-order valence-electron chi connectivity index (χ1n) is 5.57. The minimum absolute atomic E-state index is 0.690. The van der Waals surface area contributed by atoms with Crippen LogP contribution in [0.4, 0.5) is 4.39 Å². The second-order valence-electron chi connectivity index (χ2n) is 4.29. The highest BCUT2D eigenvalue weighted by molar-refractivity contribution is 5.17. The van der Waals surface area contributed by atoms with Crippen molar-refractivity contribution in [2.45, 2.75) is 25.3 Å². The lowest BCUT2D eigenvalue weighted by molar-refractivity contribution is 0.345. The van der Waals surface area contributed by atoms with E-state index < -0.39 is 12.2 Å². The van der Waals surface area contributed by atoms with E-state index in [4.69, 9.17) is 5.26 Å². The van der Waals surface area contributed by atoms with E-state index in [1.165, 1.54) is 12.5 Å². The summed E-state index contributed by atoms with van der Waals surface area (Å²) in [5.74, 6) is 0. The Morgan fingerprint density at radius 3 is 2.65 bits per heavy atom. The quantitative estimate of drug-likeness (QED) is 0.818. The maximum absolute atomic E-state index is 12.6. The molecule has 3 heteroatoms. The van der Waals surface area contributed by atoms with Gasteiger partial charge in [-0.05, 0) is 25.3 Å². The molecule has 2 nitrogen and oxygen atoms in total. The van der Waals surface area contributed by atoms with Crippen LogP contribution in [0.25, 0.3) is 0 Å². The molecular weight excluding hydrogens is 215 g/mol. The van der Waals surface area contributed by atoms with Crippen LogP contribution in [-0.2, 0) is 6.42 Å². The van der Waals surface area contributed by atoms with Crippen molar-refractivity contribution in [2.75, 3.05) is 6.67 Å². The third-order valence-electron chi connectivity index (χ3n) is 2.52. The van der Waals surface area contributed by atoms with Crippen LogP contribution >= 0.6 is 0 Å². The van der Waals surface area contributed by atoms with Crippen LogP contribution in [0.15, 0.2) is 42.6 Å². The molecule has 0 fully saturated rings. The van der Waals surface area contributed by atoms with E-state index in [1.807, 2.05) is 36.4 Å².